The van der Waals surface area contributed by atoms with Crippen LogP contribution < -0.4 is 10.2 Å². The Kier molecular flexibility index (Phi) is 3.74. The second-order valence-electron chi connectivity index (χ2n) is 5.63. The van der Waals surface area contributed by atoms with Gasteiger partial charge >= 0.3 is 0 Å². The van der Waals surface area contributed by atoms with E-state index in [0.29, 0.717) is 6.04 Å². The maximum atomic E-state index is 4.24. The van der Waals surface area contributed by atoms with Crippen molar-refractivity contribution in [3.8, 4) is 0 Å². The standard InChI is InChI=1S/C16H22N4/c1-13-11-20(8-7-14-9-18-19(2)12-14)16-6-4-3-5-15(16)10-17-13/h3-6,9,12-13,17H,7-8,10-11H2,1-2H3. The van der Waals surface area contributed by atoms with Crippen LogP contribution in [0.1, 0.15) is 18.1 Å². The maximum Gasteiger partial charge on any atom is 0.0522 e. The zero-order valence-corrected chi connectivity index (χ0v) is 12.2. The van der Waals surface area contributed by atoms with Crippen LogP contribution in [-0.4, -0.2) is 28.9 Å². The lowest BCUT2D eigenvalue weighted by molar-refractivity contribution is 0.553. The topological polar surface area (TPSA) is 33.1 Å². The van der Waals surface area contributed by atoms with Crippen LogP contribution in [0.4, 0.5) is 5.69 Å². The van der Waals surface area contributed by atoms with Gasteiger partial charge in [-0.1, -0.05) is 18.2 Å². The van der Waals surface area contributed by atoms with Crippen LogP contribution >= 0.6 is 0 Å². The van der Waals surface area contributed by atoms with Crippen molar-refractivity contribution in [1.82, 2.24) is 15.1 Å². The molecule has 0 saturated carbocycles. The fraction of sp³-hybridized carbons (Fsp3) is 0.438. The molecule has 1 atom stereocenters. The minimum absolute atomic E-state index is 0.510. The van der Waals surface area contributed by atoms with E-state index in [4.69, 9.17) is 0 Å². The first-order valence-electron chi connectivity index (χ1n) is 7.26. The summed E-state index contributed by atoms with van der Waals surface area (Å²) in [5, 5.41) is 7.82. The lowest BCUT2D eigenvalue weighted by atomic mass is 10.1. The Morgan fingerprint density at radius 1 is 1.35 bits per heavy atom. The molecule has 1 aliphatic heterocycles. The number of aromatic nitrogens is 2. The van der Waals surface area contributed by atoms with E-state index in [1.165, 1.54) is 16.8 Å². The molecular formula is C16H22N4. The number of benzene rings is 1. The largest absolute Gasteiger partial charge is 0.369 e. The normalized spacial score (nSPS) is 18.7. The molecule has 2 aromatic rings. The van der Waals surface area contributed by atoms with Crippen molar-refractivity contribution >= 4 is 5.69 Å². The van der Waals surface area contributed by atoms with Gasteiger partial charge in [0.2, 0.25) is 0 Å². The van der Waals surface area contributed by atoms with Gasteiger partial charge in [-0.15, -0.1) is 0 Å². The van der Waals surface area contributed by atoms with Crippen LogP contribution in [0.3, 0.4) is 0 Å². The highest BCUT2D eigenvalue weighted by molar-refractivity contribution is 5.54. The number of para-hydroxylation sites is 1. The van der Waals surface area contributed by atoms with E-state index >= 15 is 0 Å². The zero-order valence-electron chi connectivity index (χ0n) is 12.2. The second-order valence-corrected chi connectivity index (χ2v) is 5.63. The molecule has 4 heteroatoms. The number of nitrogens with one attached hydrogen (secondary N) is 1. The molecule has 2 heterocycles. The Bertz CT molecular complexity index is 575. The molecule has 1 unspecified atom stereocenters. The van der Waals surface area contributed by atoms with E-state index in [1.54, 1.807) is 0 Å². The third-order valence-electron chi connectivity index (χ3n) is 3.90. The first-order valence-corrected chi connectivity index (χ1v) is 7.26. The van der Waals surface area contributed by atoms with Crippen molar-refractivity contribution in [3.05, 3.63) is 47.8 Å². The van der Waals surface area contributed by atoms with Crippen LogP contribution in [0.5, 0.6) is 0 Å². The van der Waals surface area contributed by atoms with Gasteiger partial charge in [-0.2, -0.15) is 5.10 Å². The van der Waals surface area contributed by atoms with Gasteiger partial charge in [0.1, 0.15) is 0 Å². The summed E-state index contributed by atoms with van der Waals surface area (Å²) in [6, 6.07) is 9.22. The average molecular weight is 270 g/mol. The number of aryl methyl sites for hydroxylation is 1. The lowest BCUT2D eigenvalue weighted by Gasteiger charge is -2.26. The second kappa shape index (κ2) is 5.67. The van der Waals surface area contributed by atoms with Crippen molar-refractivity contribution in [2.45, 2.75) is 25.9 Å². The Morgan fingerprint density at radius 2 is 2.20 bits per heavy atom. The average Bonchev–Trinajstić information content (AvgIpc) is 2.79. The van der Waals surface area contributed by atoms with Gasteiger partial charge in [0.25, 0.3) is 0 Å². The molecule has 20 heavy (non-hydrogen) atoms. The monoisotopic (exact) mass is 270 g/mol. The molecule has 1 aromatic carbocycles. The molecule has 4 nitrogen and oxygen atoms in total. The molecule has 0 bridgehead atoms. The quantitative estimate of drug-likeness (QED) is 0.925. The number of anilines is 1. The summed E-state index contributed by atoms with van der Waals surface area (Å²) in [7, 11) is 1.97. The molecule has 1 N–H and O–H groups in total. The summed E-state index contributed by atoms with van der Waals surface area (Å²) in [6.45, 7) is 5.30. The Morgan fingerprint density at radius 3 is 3.00 bits per heavy atom. The van der Waals surface area contributed by atoms with Crippen molar-refractivity contribution in [1.29, 1.82) is 0 Å². The minimum Gasteiger partial charge on any atom is -0.369 e. The van der Waals surface area contributed by atoms with Gasteiger partial charge in [-0.25, -0.2) is 0 Å². The lowest BCUT2D eigenvalue weighted by Crippen LogP contribution is -2.37. The molecule has 1 aromatic heterocycles. The Hall–Kier alpha value is -1.81. The highest BCUT2D eigenvalue weighted by Gasteiger charge is 2.18. The van der Waals surface area contributed by atoms with Crippen molar-refractivity contribution < 1.29 is 0 Å². The number of hydrogen-bond donors (Lipinski definition) is 1. The van der Waals surface area contributed by atoms with Crippen molar-refractivity contribution in [2.75, 3.05) is 18.0 Å². The number of rotatable bonds is 3. The van der Waals surface area contributed by atoms with E-state index in [-0.39, 0.29) is 0 Å². The van der Waals surface area contributed by atoms with E-state index < -0.39 is 0 Å². The number of fused-ring (bicyclic) bond motifs is 1. The van der Waals surface area contributed by atoms with E-state index in [9.17, 15) is 0 Å². The van der Waals surface area contributed by atoms with E-state index in [0.717, 1.165) is 26.1 Å². The molecule has 0 fully saturated rings. The molecule has 1 aliphatic rings. The molecule has 0 radical (unpaired) electrons. The highest BCUT2D eigenvalue weighted by atomic mass is 15.2. The van der Waals surface area contributed by atoms with Crippen LogP contribution in [0.15, 0.2) is 36.7 Å². The first kappa shape index (κ1) is 13.2. The molecule has 106 valence electrons. The minimum atomic E-state index is 0.510. The van der Waals surface area contributed by atoms with Gasteiger partial charge in [0, 0.05) is 44.6 Å². The van der Waals surface area contributed by atoms with Gasteiger partial charge in [-0.05, 0) is 30.5 Å². The fourth-order valence-electron chi connectivity index (χ4n) is 2.82. The fourth-order valence-corrected chi connectivity index (χ4v) is 2.82. The Labute approximate surface area is 120 Å². The van der Waals surface area contributed by atoms with Crippen molar-refractivity contribution in [3.63, 3.8) is 0 Å². The maximum absolute atomic E-state index is 4.24. The SMILES string of the molecule is CC1CN(CCc2cnn(C)c2)c2ccccc2CN1. The smallest absolute Gasteiger partial charge is 0.0522 e. The summed E-state index contributed by atoms with van der Waals surface area (Å²) in [5.41, 5.74) is 4.06. The van der Waals surface area contributed by atoms with E-state index in [1.807, 2.05) is 17.9 Å². The molecule has 3 rings (SSSR count). The van der Waals surface area contributed by atoms with Crippen LogP contribution in [0.2, 0.25) is 0 Å². The molecule has 0 aliphatic carbocycles. The molecule has 0 spiro atoms. The van der Waals surface area contributed by atoms with Crippen molar-refractivity contribution in [2.24, 2.45) is 7.05 Å². The van der Waals surface area contributed by atoms with Crippen LogP contribution in [0.25, 0.3) is 0 Å². The van der Waals surface area contributed by atoms with E-state index in [2.05, 4.69) is 52.7 Å². The van der Waals surface area contributed by atoms with Gasteiger partial charge in [0.05, 0.1) is 6.20 Å². The zero-order chi connectivity index (χ0) is 13.9. The van der Waals surface area contributed by atoms with Gasteiger partial charge in [-0.3, -0.25) is 4.68 Å². The summed E-state index contributed by atoms with van der Waals surface area (Å²) < 4.78 is 1.87. The van der Waals surface area contributed by atoms with Crippen LogP contribution in [0, 0.1) is 0 Å². The Balaban J connectivity index is 1.76. The molecular weight excluding hydrogens is 248 g/mol. The predicted octanol–water partition coefficient (Wildman–Crippen LogP) is 1.96. The first-order chi connectivity index (χ1) is 9.72. The summed E-state index contributed by atoms with van der Waals surface area (Å²) >= 11 is 0. The molecule has 0 amide bonds. The summed E-state index contributed by atoms with van der Waals surface area (Å²) in [5.74, 6) is 0. The number of hydrogen-bond acceptors (Lipinski definition) is 3. The van der Waals surface area contributed by atoms with Crippen LogP contribution in [-0.2, 0) is 20.0 Å². The third-order valence-corrected chi connectivity index (χ3v) is 3.90. The predicted molar refractivity (Wildman–Crippen MR) is 81.9 cm³/mol. The summed E-state index contributed by atoms with van der Waals surface area (Å²) in [6.07, 6.45) is 5.10. The third kappa shape index (κ3) is 2.85. The number of nitrogens with zero attached hydrogens (tertiary/aromatic N) is 3. The summed E-state index contributed by atoms with van der Waals surface area (Å²) in [4.78, 5) is 2.49. The molecule has 0 saturated heterocycles. The van der Waals surface area contributed by atoms with Gasteiger partial charge < -0.3 is 10.2 Å². The van der Waals surface area contributed by atoms with Gasteiger partial charge in [0.15, 0.2) is 0 Å². The highest BCUT2D eigenvalue weighted by Crippen LogP contribution is 2.23.